The number of aromatic nitrogens is 1. The zero-order valence-electron chi connectivity index (χ0n) is 23.3. The van der Waals surface area contributed by atoms with Crippen molar-refractivity contribution in [3.8, 4) is 18.1 Å². The van der Waals surface area contributed by atoms with Crippen LogP contribution in [0.2, 0.25) is 5.02 Å². The molecule has 0 radical (unpaired) electrons. The van der Waals surface area contributed by atoms with E-state index in [0.29, 0.717) is 18.5 Å². The van der Waals surface area contributed by atoms with Crippen molar-refractivity contribution in [2.75, 3.05) is 0 Å². The highest BCUT2D eigenvalue weighted by Gasteiger charge is 2.19. The molecule has 0 saturated carbocycles. The minimum Gasteiger partial charge on any atom is -0.478 e. The number of terminal acetylenes is 1. The van der Waals surface area contributed by atoms with Gasteiger partial charge in [-0.15, -0.1) is 6.42 Å². The number of carboxylic acids is 1. The van der Waals surface area contributed by atoms with Gasteiger partial charge in [0.15, 0.2) is 0 Å². The van der Waals surface area contributed by atoms with Gasteiger partial charge in [0.25, 0.3) is 12.0 Å². The number of benzene rings is 3. The Labute approximate surface area is 239 Å². The first kappa shape index (κ1) is 28.8. The van der Waals surface area contributed by atoms with Crippen LogP contribution in [0.4, 0.5) is 0 Å². The molecule has 1 aromatic heterocycles. The Bertz CT molecular complexity index is 1620. The second kappa shape index (κ2) is 11.5. The van der Waals surface area contributed by atoms with Crippen LogP contribution < -0.4 is 10.1 Å². The predicted octanol–water partition coefficient (Wildman–Crippen LogP) is 6.42. The van der Waals surface area contributed by atoms with Crippen molar-refractivity contribution in [3.05, 3.63) is 99.2 Å². The Morgan fingerprint density at radius 3 is 2.38 bits per heavy atom. The first-order valence-corrected chi connectivity index (χ1v) is 13.4. The van der Waals surface area contributed by atoms with E-state index < -0.39 is 12.1 Å². The van der Waals surface area contributed by atoms with E-state index in [-0.39, 0.29) is 22.1 Å². The highest BCUT2D eigenvalue weighted by atomic mass is 35.5. The number of hydrogen-bond donors (Lipinski definition) is 2. The second-order valence-corrected chi connectivity index (χ2v) is 11.3. The fourth-order valence-corrected chi connectivity index (χ4v) is 4.81. The summed E-state index contributed by atoms with van der Waals surface area (Å²) in [5.41, 5.74) is 6.93. The summed E-state index contributed by atoms with van der Waals surface area (Å²) in [4.78, 5) is 24.3. The number of halogens is 1. The number of carbonyl (C=O) groups excluding carboxylic acids is 1. The molecule has 4 aromatic rings. The summed E-state index contributed by atoms with van der Waals surface area (Å²) < 4.78 is 7.53. The summed E-state index contributed by atoms with van der Waals surface area (Å²) >= 11 is 6.24. The van der Waals surface area contributed by atoms with Gasteiger partial charge in [0.05, 0.1) is 5.02 Å². The van der Waals surface area contributed by atoms with E-state index in [1.54, 1.807) is 12.1 Å². The Morgan fingerprint density at radius 2 is 1.75 bits per heavy atom. The molecule has 2 N–H and O–H groups in total. The van der Waals surface area contributed by atoms with E-state index in [4.69, 9.17) is 22.8 Å². The maximum Gasteiger partial charge on any atom is 0.357 e. The van der Waals surface area contributed by atoms with E-state index >= 15 is 0 Å². The first-order chi connectivity index (χ1) is 18.9. The lowest BCUT2D eigenvalue weighted by atomic mass is 9.87. The number of carbonyl (C=O) groups is 2. The molecule has 0 aliphatic rings. The molecule has 3 aromatic carbocycles. The van der Waals surface area contributed by atoms with Crippen LogP contribution in [0.1, 0.15) is 59.1 Å². The van der Waals surface area contributed by atoms with Crippen LogP contribution in [-0.2, 0) is 30.2 Å². The van der Waals surface area contributed by atoms with Crippen molar-refractivity contribution in [2.24, 2.45) is 7.05 Å². The van der Waals surface area contributed by atoms with Crippen LogP contribution in [0.3, 0.4) is 0 Å². The molecule has 206 valence electrons. The molecule has 1 heterocycles. The van der Waals surface area contributed by atoms with Crippen LogP contribution in [-0.4, -0.2) is 27.7 Å². The van der Waals surface area contributed by atoms with Crippen molar-refractivity contribution in [1.82, 2.24) is 9.88 Å². The number of nitrogens with one attached hydrogen (secondary N) is 1. The molecule has 4 rings (SSSR count). The zero-order chi connectivity index (χ0) is 29.2. The maximum absolute atomic E-state index is 13.0. The fourth-order valence-electron chi connectivity index (χ4n) is 4.65. The van der Waals surface area contributed by atoms with Gasteiger partial charge in [0, 0.05) is 35.8 Å². The lowest BCUT2D eigenvalue weighted by molar-refractivity contribution is -0.142. The summed E-state index contributed by atoms with van der Waals surface area (Å²) in [6.45, 7) is 9.00. The van der Waals surface area contributed by atoms with Crippen molar-refractivity contribution < 1.29 is 19.4 Å². The van der Waals surface area contributed by atoms with Gasteiger partial charge in [-0.2, -0.15) is 0 Å². The molecule has 0 bridgehead atoms. The van der Waals surface area contributed by atoms with Gasteiger partial charge >= 0.3 is 5.97 Å². The molecule has 1 amide bonds. The van der Waals surface area contributed by atoms with E-state index in [1.165, 1.54) is 5.56 Å². The molecule has 40 heavy (non-hydrogen) atoms. The number of amides is 1. The van der Waals surface area contributed by atoms with Gasteiger partial charge < -0.3 is 19.7 Å². The molecular formula is C33H33ClN2O4. The highest BCUT2D eigenvalue weighted by molar-refractivity contribution is 6.32. The monoisotopic (exact) mass is 556 g/mol. The molecule has 0 aliphatic carbocycles. The molecule has 7 heteroatoms. The Hall–Kier alpha value is -4.21. The number of fused-ring (bicyclic) bond motifs is 1. The normalized spacial score (nSPS) is 12.1. The smallest absolute Gasteiger partial charge is 0.357 e. The Morgan fingerprint density at radius 1 is 1.07 bits per heavy atom. The third-order valence-electron chi connectivity index (χ3n) is 7.16. The lowest BCUT2D eigenvalue weighted by Gasteiger charge is -2.19. The fraction of sp³-hybridized carbons (Fsp3) is 0.273. The number of rotatable bonds is 8. The van der Waals surface area contributed by atoms with E-state index in [1.807, 2.05) is 38.2 Å². The van der Waals surface area contributed by atoms with E-state index in [0.717, 1.165) is 33.3 Å². The van der Waals surface area contributed by atoms with Crippen LogP contribution in [0.5, 0.6) is 5.75 Å². The quantitative estimate of drug-likeness (QED) is 0.245. The molecule has 0 aliphatic heterocycles. The van der Waals surface area contributed by atoms with Gasteiger partial charge in [0.2, 0.25) is 0 Å². The molecule has 0 fully saturated rings. The number of aryl methyl sites for hydroxylation is 1. The van der Waals surface area contributed by atoms with E-state index in [9.17, 15) is 14.7 Å². The number of carboxylic acid groups (broad SMARTS) is 1. The standard InChI is InChI=1S/C33H33ClN2O4/c1-7-29(32(38)39)40-30-17-22(10-15-27(30)34)16-26-20(2)36(6)28-18-23(11-14-25(26)28)31(37)35-19-21-8-12-24(13-9-21)33(3,4)5/h1,8-15,17-18,29H,16,19H2,2-6H3,(H,35,37)(H,38,39)/t29-/m1/s1. The van der Waals surface area contributed by atoms with Gasteiger partial charge in [-0.1, -0.05) is 74.7 Å². The average molecular weight is 557 g/mol. The number of nitrogens with zero attached hydrogens (tertiary/aromatic N) is 1. The number of aliphatic carboxylic acids is 1. The Kier molecular flexibility index (Phi) is 8.27. The third-order valence-corrected chi connectivity index (χ3v) is 7.47. The van der Waals surface area contributed by atoms with Crippen molar-refractivity contribution in [3.63, 3.8) is 0 Å². The minimum absolute atomic E-state index is 0.0816. The SMILES string of the molecule is C#C[C@@H](Oc1cc(Cc2c(C)n(C)c3cc(C(=O)NCc4ccc(C(C)(C)C)cc4)ccc23)ccc1Cl)C(=O)O. The van der Waals surface area contributed by atoms with Crippen LogP contribution in [0.15, 0.2) is 60.7 Å². The summed E-state index contributed by atoms with van der Waals surface area (Å²) in [5, 5.41) is 13.6. The molecular weight excluding hydrogens is 524 g/mol. The summed E-state index contributed by atoms with van der Waals surface area (Å²) in [5.74, 6) is 0.930. The van der Waals surface area contributed by atoms with Gasteiger partial charge in [-0.3, -0.25) is 4.79 Å². The summed E-state index contributed by atoms with van der Waals surface area (Å²) in [7, 11) is 1.97. The van der Waals surface area contributed by atoms with Gasteiger partial charge in [-0.25, -0.2) is 4.79 Å². The second-order valence-electron chi connectivity index (χ2n) is 10.9. The molecule has 0 saturated heterocycles. The third kappa shape index (κ3) is 6.16. The molecule has 0 unspecified atom stereocenters. The van der Waals surface area contributed by atoms with Gasteiger partial charge in [0.1, 0.15) is 5.75 Å². The van der Waals surface area contributed by atoms with Crippen molar-refractivity contribution in [1.29, 1.82) is 0 Å². The minimum atomic E-state index is -1.43. The van der Waals surface area contributed by atoms with Crippen LogP contribution in [0, 0.1) is 19.3 Å². The average Bonchev–Trinajstić information content (AvgIpc) is 3.15. The number of ether oxygens (including phenoxy) is 1. The van der Waals surface area contributed by atoms with Crippen LogP contribution >= 0.6 is 11.6 Å². The van der Waals surface area contributed by atoms with E-state index in [2.05, 4.69) is 60.8 Å². The molecule has 0 spiro atoms. The summed E-state index contributed by atoms with van der Waals surface area (Å²) in [6.07, 6.45) is 4.41. The zero-order valence-corrected chi connectivity index (χ0v) is 24.1. The Balaban J connectivity index is 1.54. The topological polar surface area (TPSA) is 80.6 Å². The molecule has 6 nitrogen and oxygen atoms in total. The van der Waals surface area contributed by atoms with Crippen molar-refractivity contribution in [2.45, 2.75) is 52.2 Å². The number of hydrogen-bond acceptors (Lipinski definition) is 3. The first-order valence-electron chi connectivity index (χ1n) is 13.0. The maximum atomic E-state index is 13.0. The predicted molar refractivity (Wildman–Crippen MR) is 159 cm³/mol. The largest absolute Gasteiger partial charge is 0.478 e. The lowest BCUT2D eigenvalue weighted by Crippen LogP contribution is -2.25. The highest BCUT2D eigenvalue weighted by Crippen LogP contribution is 2.32. The molecule has 1 atom stereocenters. The summed E-state index contributed by atoms with van der Waals surface area (Å²) in [6, 6.07) is 19.3. The van der Waals surface area contributed by atoms with Gasteiger partial charge in [-0.05, 0) is 65.3 Å². The van der Waals surface area contributed by atoms with Crippen molar-refractivity contribution >= 4 is 34.4 Å². The van der Waals surface area contributed by atoms with Crippen LogP contribution in [0.25, 0.3) is 10.9 Å².